The standard InChI is InChI=1S/C18H31N3O3S/c1-6-8-13-21(7-2)14-18(22)19-16-9-11-17(12-10-16)25(23,24)20(5)15(3)4/h9-12,15H,6-8,13-14H2,1-5H3,(H,19,22). The van der Waals surface area contributed by atoms with Crippen molar-refractivity contribution in [3.05, 3.63) is 24.3 Å². The third-order valence-electron chi connectivity index (χ3n) is 4.18. The molecule has 0 heterocycles. The van der Waals surface area contributed by atoms with Crippen LogP contribution in [0.15, 0.2) is 29.2 Å². The molecule has 1 aromatic carbocycles. The number of amides is 1. The molecule has 0 aliphatic rings. The third kappa shape index (κ3) is 6.41. The molecule has 1 N–H and O–H groups in total. The zero-order valence-electron chi connectivity index (χ0n) is 15.9. The topological polar surface area (TPSA) is 69.7 Å². The average Bonchev–Trinajstić information content (AvgIpc) is 2.58. The maximum absolute atomic E-state index is 12.4. The molecule has 0 bridgehead atoms. The molecule has 142 valence electrons. The SMILES string of the molecule is CCCCN(CC)CC(=O)Nc1ccc(S(=O)(=O)N(C)C(C)C)cc1. The predicted molar refractivity (Wildman–Crippen MR) is 102 cm³/mol. The van der Waals surface area contributed by atoms with Crippen LogP contribution in [0.4, 0.5) is 5.69 Å². The summed E-state index contributed by atoms with van der Waals surface area (Å²) in [6, 6.07) is 6.19. The van der Waals surface area contributed by atoms with Crippen molar-refractivity contribution in [1.29, 1.82) is 0 Å². The van der Waals surface area contributed by atoms with Gasteiger partial charge in [0.05, 0.1) is 11.4 Å². The molecule has 25 heavy (non-hydrogen) atoms. The van der Waals surface area contributed by atoms with Crippen molar-refractivity contribution >= 4 is 21.6 Å². The van der Waals surface area contributed by atoms with E-state index in [1.807, 2.05) is 20.8 Å². The molecule has 0 aliphatic carbocycles. The minimum atomic E-state index is -3.50. The first-order chi connectivity index (χ1) is 11.7. The van der Waals surface area contributed by atoms with Crippen LogP contribution in [0.5, 0.6) is 0 Å². The third-order valence-corrected chi connectivity index (χ3v) is 6.23. The summed E-state index contributed by atoms with van der Waals surface area (Å²) in [6.07, 6.45) is 2.16. The van der Waals surface area contributed by atoms with E-state index in [-0.39, 0.29) is 16.8 Å². The highest BCUT2D eigenvalue weighted by Gasteiger charge is 2.22. The number of carbonyl (C=O) groups excluding carboxylic acids is 1. The summed E-state index contributed by atoms with van der Waals surface area (Å²) in [5, 5.41) is 2.82. The Morgan fingerprint density at radius 3 is 2.24 bits per heavy atom. The van der Waals surface area contributed by atoms with Gasteiger partial charge in [0.2, 0.25) is 15.9 Å². The smallest absolute Gasteiger partial charge is 0.243 e. The lowest BCUT2D eigenvalue weighted by atomic mass is 10.3. The molecule has 0 spiro atoms. The second-order valence-corrected chi connectivity index (χ2v) is 8.41. The summed E-state index contributed by atoms with van der Waals surface area (Å²) in [4.78, 5) is 14.5. The van der Waals surface area contributed by atoms with Gasteiger partial charge >= 0.3 is 0 Å². The minimum Gasteiger partial charge on any atom is -0.325 e. The number of sulfonamides is 1. The second kappa shape index (κ2) is 9.89. The molecular formula is C18H31N3O3S. The van der Waals surface area contributed by atoms with Gasteiger partial charge in [-0.25, -0.2) is 8.42 Å². The van der Waals surface area contributed by atoms with E-state index in [1.54, 1.807) is 19.2 Å². The molecule has 7 heteroatoms. The Bertz CT molecular complexity index is 642. The van der Waals surface area contributed by atoms with Crippen molar-refractivity contribution in [2.24, 2.45) is 0 Å². The Labute approximate surface area is 152 Å². The van der Waals surface area contributed by atoms with Crippen LogP contribution in [-0.2, 0) is 14.8 Å². The van der Waals surface area contributed by atoms with Crippen molar-refractivity contribution in [3.63, 3.8) is 0 Å². The Hall–Kier alpha value is -1.44. The maximum atomic E-state index is 12.4. The molecule has 0 fully saturated rings. The average molecular weight is 370 g/mol. The monoisotopic (exact) mass is 369 g/mol. The lowest BCUT2D eigenvalue weighted by Crippen LogP contribution is -2.34. The molecular weight excluding hydrogens is 338 g/mol. The van der Waals surface area contributed by atoms with Gasteiger partial charge in [0, 0.05) is 18.8 Å². The van der Waals surface area contributed by atoms with E-state index in [4.69, 9.17) is 0 Å². The van der Waals surface area contributed by atoms with Gasteiger partial charge < -0.3 is 5.32 Å². The van der Waals surface area contributed by atoms with Gasteiger partial charge in [-0.05, 0) is 57.6 Å². The van der Waals surface area contributed by atoms with Crippen LogP contribution in [0.1, 0.15) is 40.5 Å². The summed E-state index contributed by atoms with van der Waals surface area (Å²) >= 11 is 0. The number of anilines is 1. The molecule has 0 unspecified atom stereocenters. The van der Waals surface area contributed by atoms with E-state index < -0.39 is 10.0 Å². The fourth-order valence-corrected chi connectivity index (χ4v) is 3.66. The molecule has 0 radical (unpaired) electrons. The van der Waals surface area contributed by atoms with Gasteiger partial charge in [-0.2, -0.15) is 4.31 Å². The Morgan fingerprint density at radius 1 is 1.16 bits per heavy atom. The van der Waals surface area contributed by atoms with Crippen LogP contribution < -0.4 is 5.32 Å². The van der Waals surface area contributed by atoms with Crippen LogP contribution in [0.3, 0.4) is 0 Å². The molecule has 0 saturated heterocycles. The van der Waals surface area contributed by atoms with Crippen LogP contribution in [0.2, 0.25) is 0 Å². The largest absolute Gasteiger partial charge is 0.325 e. The number of likely N-dealkylation sites (N-methyl/N-ethyl adjacent to an activating group) is 1. The normalized spacial score (nSPS) is 12.2. The highest BCUT2D eigenvalue weighted by molar-refractivity contribution is 7.89. The maximum Gasteiger partial charge on any atom is 0.243 e. The number of hydrogen-bond acceptors (Lipinski definition) is 4. The zero-order chi connectivity index (χ0) is 19.0. The minimum absolute atomic E-state index is 0.0899. The molecule has 1 rings (SSSR count). The van der Waals surface area contributed by atoms with Gasteiger partial charge in [-0.1, -0.05) is 20.3 Å². The Balaban J connectivity index is 2.72. The van der Waals surface area contributed by atoms with Crippen LogP contribution in [0.25, 0.3) is 0 Å². The molecule has 1 amide bonds. The molecule has 0 aliphatic heterocycles. The van der Waals surface area contributed by atoms with Crippen LogP contribution >= 0.6 is 0 Å². The number of benzene rings is 1. The quantitative estimate of drug-likeness (QED) is 0.688. The number of nitrogens with zero attached hydrogens (tertiary/aromatic N) is 2. The Kier molecular flexibility index (Phi) is 8.55. The number of unbranched alkanes of at least 4 members (excludes halogenated alkanes) is 1. The lowest BCUT2D eigenvalue weighted by Gasteiger charge is -2.21. The van der Waals surface area contributed by atoms with E-state index in [2.05, 4.69) is 17.1 Å². The van der Waals surface area contributed by atoms with Gasteiger partial charge in [0.1, 0.15) is 0 Å². The van der Waals surface area contributed by atoms with E-state index in [0.717, 1.165) is 25.9 Å². The van der Waals surface area contributed by atoms with Crippen LogP contribution in [0, 0.1) is 0 Å². The lowest BCUT2D eigenvalue weighted by molar-refractivity contribution is -0.117. The van der Waals surface area contributed by atoms with Gasteiger partial charge in [-0.3, -0.25) is 9.69 Å². The van der Waals surface area contributed by atoms with E-state index in [1.165, 1.54) is 16.4 Å². The first kappa shape index (κ1) is 21.6. The summed E-state index contributed by atoms with van der Waals surface area (Å²) in [5.74, 6) is -0.0899. The fraction of sp³-hybridized carbons (Fsp3) is 0.611. The highest BCUT2D eigenvalue weighted by atomic mass is 32.2. The molecule has 1 aromatic rings. The Morgan fingerprint density at radius 2 is 1.76 bits per heavy atom. The van der Waals surface area contributed by atoms with Gasteiger partial charge in [0.25, 0.3) is 0 Å². The molecule has 0 aromatic heterocycles. The molecule has 0 saturated carbocycles. The van der Waals surface area contributed by atoms with Crippen molar-refractivity contribution < 1.29 is 13.2 Å². The van der Waals surface area contributed by atoms with Crippen molar-refractivity contribution in [1.82, 2.24) is 9.21 Å². The first-order valence-electron chi connectivity index (χ1n) is 8.82. The van der Waals surface area contributed by atoms with Crippen LogP contribution in [-0.4, -0.2) is 56.3 Å². The van der Waals surface area contributed by atoms with Gasteiger partial charge in [0.15, 0.2) is 0 Å². The van der Waals surface area contributed by atoms with Crippen molar-refractivity contribution in [2.45, 2.75) is 51.5 Å². The summed E-state index contributed by atoms with van der Waals surface area (Å²) in [7, 11) is -1.94. The fourth-order valence-electron chi connectivity index (χ4n) is 2.29. The number of rotatable bonds is 10. The molecule has 6 nitrogen and oxygen atoms in total. The summed E-state index contributed by atoms with van der Waals surface area (Å²) in [5.41, 5.74) is 0.600. The van der Waals surface area contributed by atoms with E-state index in [9.17, 15) is 13.2 Å². The molecule has 0 atom stereocenters. The predicted octanol–water partition coefficient (Wildman–Crippen LogP) is 2.78. The summed E-state index contributed by atoms with van der Waals surface area (Å²) < 4.78 is 26.2. The zero-order valence-corrected chi connectivity index (χ0v) is 16.8. The first-order valence-corrected chi connectivity index (χ1v) is 10.3. The highest BCUT2D eigenvalue weighted by Crippen LogP contribution is 2.19. The van der Waals surface area contributed by atoms with E-state index in [0.29, 0.717) is 12.2 Å². The second-order valence-electron chi connectivity index (χ2n) is 6.41. The van der Waals surface area contributed by atoms with Gasteiger partial charge in [-0.15, -0.1) is 0 Å². The summed E-state index contributed by atoms with van der Waals surface area (Å²) in [6.45, 7) is 9.88. The van der Waals surface area contributed by atoms with Crippen molar-refractivity contribution in [2.75, 3.05) is 32.0 Å². The number of hydrogen-bond donors (Lipinski definition) is 1. The number of nitrogens with one attached hydrogen (secondary N) is 1. The van der Waals surface area contributed by atoms with E-state index >= 15 is 0 Å². The van der Waals surface area contributed by atoms with Crippen molar-refractivity contribution in [3.8, 4) is 0 Å². The number of carbonyl (C=O) groups is 1.